The molecule has 0 spiro atoms. The Morgan fingerprint density at radius 3 is 3.05 bits per heavy atom. The van der Waals surface area contributed by atoms with Crippen molar-refractivity contribution in [2.24, 2.45) is 0 Å². The van der Waals surface area contributed by atoms with E-state index in [1.807, 2.05) is 0 Å². The first-order chi connectivity index (χ1) is 9.61. The van der Waals surface area contributed by atoms with Gasteiger partial charge in [-0.25, -0.2) is 0 Å². The Morgan fingerprint density at radius 1 is 1.65 bits per heavy atom. The summed E-state index contributed by atoms with van der Waals surface area (Å²) in [5.74, 6) is 0.628. The number of morpholine rings is 1. The van der Waals surface area contributed by atoms with Gasteiger partial charge in [0.2, 0.25) is 11.7 Å². The van der Waals surface area contributed by atoms with Crippen molar-refractivity contribution in [1.82, 2.24) is 10.3 Å². The van der Waals surface area contributed by atoms with Crippen LogP contribution in [0.3, 0.4) is 0 Å². The van der Waals surface area contributed by atoms with E-state index >= 15 is 0 Å². The van der Waals surface area contributed by atoms with Crippen LogP contribution in [0.4, 0.5) is 11.5 Å². The van der Waals surface area contributed by atoms with Crippen LogP contribution in [-0.2, 0) is 4.74 Å². The Morgan fingerprint density at radius 2 is 2.45 bits per heavy atom. The van der Waals surface area contributed by atoms with Gasteiger partial charge in [0.05, 0.1) is 24.7 Å². The number of rotatable bonds is 5. The van der Waals surface area contributed by atoms with E-state index in [1.165, 1.54) is 19.2 Å². The summed E-state index contributed by atoms with van der Waals surface area (Å²) >= 11 is 0. The van der Waals surface area contributed by atoms with Crippen LogP contribution >= 0.6 is 0 Å². The summed E-state index contributed by atoms with van der Waals surface area (Å²) in [4.78, 5) is 16.5. The highest BCUT2D eigenvalue weighted by Crippen LogP contribution is 2.27. The Labute approximate surface area is 116 Å². The number of likely N-dealkylation sites (N-methyl/N-ethyl adjacent to an activating group) is 1. The Bertz CT molecular complexity index is 477. The highest BCUT2D eigenvalue weighted by atomic mass is 16.6. The normalized spacial score (nSPS) is 18.6. The van der Waals surface area contributed by atoms with Gasteiger partial charge < -0.3 is 19.7 Å². The van der Waals surface area contributed by atoms with Crippen molar-refractivity contribution in [1.29, 1.82) is 0 Å². The van der Waals surface area contributed by atoms with E-state index in [0.29, 0.717) is 19.0 Å². The highest BCUT2D eigenvalue weighted by molar-refractivity contribution is 5.58. The molecule has 0 aromatic carbocycles. The van der Waals surface area contributed by atoms with Crippen molar-refractivity contribution < 1.29 is 14.4 Å². The van der Waals surface area contributed by atoms with E-state index in [0.717, 1.165) is 13.1 Å². The van der Waals surface area contributed by atoms with Crippen molar-refractivity contribution in [3.8, 4) is 5.88 Å². The second-order valence-electron chi connectivity index (χ2n) is 4.53. The highest BCUT2D eigenvalue weighted by Gasteiger charge is 2.23. The van der Waals surface area contributed by atoms with Crippen molar-refractivity contribution in [3.05, 3.63) is 22.2 Å². The summed E-state index contributed by atoms with van der Waals surface area (Å²) in [7, 11) is 3.23. The number of aromatic nitrogens is 1. The number of nitrogens with zero attached hydrogens (tertiary/aromatic N) is 3. The summed E-state index contributed by atoms with van der Waals surface area (Å²) in [6.45, 7) is 2.72. The SMILES string of the molecule is COc1ccc([N+](=O)[O-])c(N(C)CC2CNCCO2)n1. The molecule has 1 unspecified atom stereocenters. The Balaban J connectivity index is 2.17. The van der Waals surface area contributed by atoms with E-state index < -0.39 is 4.92 Å². The molecule has 1 saturated heterocycles. The van der Waals surface area contributed by atoms with Crippen LogP contribution in [0.5, 0.6) is 5.88 Å². The molecule has 2 rings (SSSR count). The summed E-state index contributed by atoms with van der Waals surface area (Å²) in [5, 5.41) is 14.3. The van der Waals surface area contributed by atoms with Gasteiger partial charge in [0, 0.05) is 38.8 Å². The average molecular weight is 282 g/mol. The molecule has 20 heavy (non-hydrogen) atoms. The van der Waals surface area contributed by atoms with Gasteiger partial charge in [-0.15, -0.1) is 0 Å². The van der Waals surface area contributed by atoms with E-state index in [2.05, 4.69) is 10.3 Å². The van der Waals surface area contributed by atoms with Crippen LogP contribution in [0, 0.1) is 10.1 Å². The van der Waals surface area contributed by atoms with Crippen LogP contribution in [0.2, 0.25) is 0 Å². The minimum absolute atomic E-state index is 0.0126. The van der Waals surface area contributed by atoms with Gasteiger partial charge >= 0.3 is 5.69 Å². The molecule has 1 N–H and O–H groups in total. The first-order valence-electron chi connectivity index (χ1n) is 6.34. The minimum atomic E-state index is -0.446. The van der Waals surface area contributed by atoms with E-state index in [4.69, 9.17) is 9.47 Å². The maximum atomic E-state index is 11.1. The van der Waals surface area contributed by atoms with Gasteiger partial charge in [-0.1, -0.05) is 0 Å². The second-order valence-corrected chi connectivity index (χ2v) is 4.53. The number of hydrogen-bond acceptors (Lipinski definition) is 7. The third kappa shape index (κ3) is 3.34. The summed E-state index contributed by atoms with van der Waals surface area (Å²) in [6, 6.07) is 2.88. The van der Waals surface area contributed by atoms with Gasteiger partial charge in [0.25, 0.3) is 0 Å². The molecule has 110 valence electrons. The van der Waals surface area contributed by atoms with Crippen LogP contribution in [0.25, 0.3) is 0 Å². The molecule has 1 aliphatic rings. The molecule has 1 aliphatic heterocycles. The molecule has 1 aromatic rings. The van der Waals surface area contributed by atoms with Gasteiger partial charge in [-0.05, 0) is 0 Å². The number of methoxy groups -OCH3 is 1. The van der Waals surface area contributed by atoms with Crippen molar-refractivity contribution in [2.45, 2.75) is 6.10 Å². The standard InChI is InChI=1S/C12H18N4O4/c1-15(8-9-7-13-5-6-20-9)12-10(16(17)18)3-4-11(14-12)19-2/h3-4,9,13H,5-8H2,1-2H3. The molecule has 0 saturated carbocycles. The Hall–Kier alpha value is -1.93. The second kappa shape index (κ2) is 6.49. The first kappa shape index (κ1) is 14.5. The van der Waals surface area contributed by atoms with Crippen molar-refractivity contribution in [2.75, 3.05) is 45.3 Å². The lowest BCUT2D eigenvalue weighted by Crippen LogP contribution is -2.44. The van der Waals surface area contributed by atoms with Gasteiger partial charge in [0.15, 0.2) is 0 Å². The number of nitro groups is 1. The molecule has 2 heterocycles. The van der Waals surface area contributed by atoms with E-state index in [-0.39, 0.29) is 17.6 Å². The average Bonchev–Trinajstić information content (AvgIpc) is 2.47. The fourth-order valence-corrected chi connectivity index (χ4v) is 2.09. The smallest absolute Gasteiger partial charge is 0.311 e. The third-order valence-corrected chi connectivity index (χ3v) is 3.08. The number of nitrogens with one attached hydrogen (secondary N) is 1. The van der Waals surface area contributed by atoms with Gasteiger partial charge in [0.1, 0.15) is 0 Å². The topological polar surface area (TPSA) is 89.8 Å². The molecule has 0 aliphatic carbocycles. The summed E-state index contributed by atoms with van der Waals surface area (Å²) in [5.41, 5.74) is -0.0444. The van der Waals surface area contributed by atoms with Crippen LogP contribution in [0.15, 0.2) is 12.1 Å². The van der Waals surface area contributed by atoms with Crippen LogP contribution in [0.1, 0.15) is 0 Å². The maximum Gasteiger partial charge on any atom is 0.311 e. The zero-order valence-electron chi connectivity index (χ0n) is 11.5. The molecular weight excluding hydrogens is 264 g/mol. The lowest BCUT2D eigenvalue weighted by atomic mass is 10.2. The number of anilines is 1. The summed E-state index contributed by atoms with van der Waals surface area (Å²) < 4.78 is 10.6. The molecule has 0 amide bonds. The van der Waals surface area contributed by atoms with Crippen LogP contribution in [-0.4, -0.2) is 56.4 Å². The van der Waals surface area contributed by atoms with Gasteiger partial charge in [-0.3, -0.25) is 10.1 Å². The minimum Gasteiger partial charge on any atom is -0.481 e. The zero-order chi connectivity index (χ0) is 14.5. The predicted molar refractivity (Wildman–Crippen MR) is 73.3 cm³/mol. The Kier molecular flexibility index (Phi) is 4.70. The maximum absolute atomic E-state index is 11.1. The fourth-order valence-electron chi connectivity index (χ4n) is 2.09. The molecule has 0 bridgehead atoms. The largest absolute Gasteiger partial charge is 0.481 e. The molecule has 8 nitrogen and oxygen atoms in total. The third-order valence-electron chi connectivity index (χ3n) is 3.08. The van der Waals surface area contributed by atoms with Gasteiger partial charge in [-0.2, -0.15) is 4.98 Å². The first-order valence-corrected chi connectivity index (χ1v) is 6.34. The molecular formula is C12H18N4O4. The molecule has 1 aromatic heterocycles. The van der Waals surface area contributed by atoms with Crippen molar-refractivity contribution >= 4 is 11.5 Å². The molecule has 8 heteroatoms. The lowest BCUT2D eigenvalue weighted by Gasteiger charge is -2.28. The number of pyridine rings is 1. The number of ether oxygens (including phenoxy) is 2. The quantitative estimate of drug-likeness (QED) is 0.618. The van der Waals surface area contributed by atoms with E-state index in [9.17, 15) is 10.1 Å². The van der Waals surface area contributed by atoms with Crippen molar-refractivity contribution in [3.63, 3.8) is 0 Å². The summed E-state index contributed by atoms with van der Waals surface area (Å²) in [6.07, 6.45) is -0.0126. The number of hydrogen-bond donors (Lipinski definition) is 1. The van der Waals surface area contributed by atoms with E-state index in [1.54, 1.807) is 11.9 Å². The molecule has 1 fully saturated rings. The lowest BCUT2D eigenvalue weighted by molar-refractivity contribution is -0.384. The molecule has 1 atom stereocenters. The zero-order valence-corrected chi connectivity index (χ0v) is 11.5. The fraction of sp³-hybridized carbons (Fsp3) is 0.583. The molecule has 0 radical (unpaired) electrons. The van der Waals surface area contributed by atoms with Crippen LogP contribution < -0.4 is 15.0 Å². The predicted octanol–water partition coefficient (Wildman–Crippen LogP) is 0.423. The monoisotopic (exact) mass is 282 g/mol.